The molecule has 0 saturated carbocycles. The van der Waals surface area contributed by atoms with Crippen LogP contribution in [0, 0.1) is 16.2 Å². The fourth-order valence-corrected chi connectivity index (χ4v) is 2.83. The van der Waals surface area contributed by atoms with E-state index >= 15 is 0 Å². The van der Waals surface area contributed by atoms with E-state index < -0.39 is 10.8 Å². The molecule has 0 aliphatic rings. The van der Waals surface area contributed by atoms with Crippen molar-refractivity contribution in [3.05, 3.63) is 0 Å². The third-order valence-electron chi connectivity index (χ3n) is 4.78. The molecule has 5 nitrogen and oxygen atoms in total. The quantitative estimate of drug-likeness (QED) is 0.444. The number of aliphatic hydroxyl groups is 1. The van der Waals surface area contributed by atoms with E-state index in [1.54, 1.807) is 6.92 Å². The number of carbonyl (C=O) groups is 2. The van der Waals surface area contributed by atoms with Crippen molar-refractivity contribution in [2.24, 2.45) is 16.2 Å². The highest BCUT2D eigenvalue weighted by Crippen LogP contribution is 2.43. The Hall–Kier alpha value is -1.10. The zero-order valence-electron chi connectivity index (χ0n) is 17.2. The van der Waals surface area contributed by atoms with E-state index in [0.29, 0.717) is 32.3 Å². The SMILES string of the molecule is CCOC(=O)C(C)(CCC(C)(C)C)CC(C)(CC)C(=O)OCCCO. The zero-order chi connectivity index (χ0) is 19.7. The van der Waals surface area contributed by atoms with E-state index in [1.807, 2.05) is 20.8 Å². The van der Waals surface area contributed by atoms with Crippen LogP contribution in [-0.4, -0.2) is 36.9 Å². The Morgan fingerprint density at radius 3 is 1.88 bits per heavy atom. The van der Waals surface area contributed by atoms with Crippen LogP contribution >= 0.6 is 0 Å². The van der Waals surface area contributed by atoms with Gasteiger partial charge in [0.05, 0.1) is 24.0 Å². The lowest BCUT2D eigenvalue weighted by Gasteiger charge is -2.37. The molecule has 0 aliphatic carbocycles. The number of hydrogen-bond donors (Lipinski definition) is 1. The summed E-state index contributed by atoms with van der Waals surface area (Å²) < 4.78 is 10.6. The largest absolute Gasteiger partial charge is 0.466 e. The molecule has 0 aromatic carbocycles. The van der Waals surface area contributed by atoms with E-state index in [-0.39, 0.29) is 30.6 Å². The second-order valence-electron chi connectivity index (χ2n) is 8.65. The second-order valence-corrected chi connectivity index (χ2v) is 8.65. The van der Waals surface area contributed by atoms with Crippen molar-refractivity contribution >= 4 is 11.9 Å². The van der Waals surface area contributed by atoms with Crippen molar-refractivity contribution < 1.29 is 24.2 Å². The summed E-state index contributed by atoms with van der Waals surface area (Å²) >= 11 is 0. The highest BCUT2D eigenvalue weighted by molar-refractivity contribution is 5.80. The lowest BCUT2D eigenvalue weighted by molar-refractivity contribution is -0.164. The fraction of sp³-hybridized carbons (Fsp3) is 0.900. The summed E-state index contributed by atoms with van der Waals surface area (Å²) in [7, 11) is 0. The molecule has 0 aromatic rings. The number of carbonyl (C=O) groups excluding carboxylic acids is 2. The van der Waals surface area contributed by atoms with Gasteiger partial charge in [-0.1, -0.05) is 27.7 Å². The summed E-state index contributed by atoms with van der Waals surface area (Å²) in [5.74, 6) is -0.559. The van der Waals surface area contributed by atoms with Gasteiger partial charge in [0.1, 0.15) is 0 Å². The van der Waals surface area contributed by atoms with Gasteiger partial charge in [0, 0.05) is 13.0 Å². The maximum atomic E-state index is 12.7. The molecule has 0 fully saturated rings. The van der Waals surface area contributed by atoms with E-state index in [2.05, 4.69) is 20.8 Å². The summed E-state index contributed by atoms with van der Waals surface area (Å²) in [5.41, 5.74) is -1.39. The Morgan fingerprint density at radius 1 is 0.880 bits per heavy atom. The first-order valence-corrected chi connectivity index (χ1v) is 9.39. The number of ether oxygens (including phenoxy) is 2. The Kier molecular flexibility index (Phi) is 9.70. The molecule has 2 unspecified atom stereocenters. The Labute approximate surface area is 153 Å². The van der Waals surface area contributed by atoms with Gasteiger partial charge in [0.25, 0.3) is 0 Å². The summed E-state index contributed by atoms with van der Waals surface area (Å²) in [4.78, 5) is 25.2. The minimum Gasteiger partial charge on any atom is -0.466 e. The van der Waals surface area contributed by atoms with E-state index in [9.17, 15) is 9.59 Å². The number of hydrogen-bond acceptors (Lipinski definition) is 5. The van der Waals surface area contributed by atoms with Gasteiger partial charge in [-0.05, 0) is 51.9 Å². The number of esters is 2. The predicted octanol–water partition coefficient (Wildman–Crippen LogP) is 4.11. The number of rotatable bonds is 11. The Bertz CT molecular complexity index is 426. The molecule has 148 valence electrons. The van der Waals surface area contributed by atoms with Crippen molar-refractivity contribution in [1.29, 1.82) is 0 Å². The lowest BCUT2D eigenvalue weighted by Crippen LogP contribution is -2.41. The molecule has 0 radical (unpaired) electrons. The van der Waals surface area contributed by atoms with E-state index in [1.165, 1.54) is 0 Å². The highest BCUT2D eigenvalue weighted by atomic mass is 16.5. The van der Waals surface area contributed by atoms with Crippen LogP contribution in [0.5, 0.6) is 0 Å². The first-order chi connectivity index (χ1) is 11.4. The van der Waals surface area contributed by atoms with Gasteiger partial charge in [-0.2, -0.15) is 0 Å². The Balaban J connectivity index is 5.33. The van der Waals surface area contributed by atoms with Crippen LogP contribution in [0.25, 0.3) is 0 Å². The second kappa shape index (κ2) is 10.1. The molecule has 0 spiro atoms. The van der Waals surface area contributed by atoms with Gasteiger partial charge in [-0.25, -0.2) is 0 Å². The van der Waals surface area contributed by atoms with Crippen molar-refractivity contribution in [2.75, 3.05) is 19.8 Å². The topological polar surface area (TPSA) is 72.8 Å². The molecule has 0 saturated heterocycles. The third-order valence-corrected chi connectivity index (χ3v) is 4.78. The standard InChI is InChI=1S/C20H38O5/c1-8-19(6,16(22)25-14-10-13-21)15-20(7,17(23)24-9-2)12-11-18(3,4)5/h21H,8-15H2,1-7H3. The summed E-state index contributed by atoms with van der Waals surface area (Å²) in [6, 6.07) is 0. The zero-order valence-corrected chi connectivity index (χ0v) is 17.2. The highest BCUT2D eigenvalue weighted by Gasteiger charge is 2.45. The van der Waals surface area contributed by atoms with Crippen molar-refractivity contribution in [2.45, 2.75) is 80.6 Å². The normalized spacial score (nSPS) is 16.6. The lowest BCUT2D eigenvalue weighted by atomic mass is 9.68. The molecule has 0 rings (SSSR count). The molecule has 2 atom stereocenters. The van der Waals surface area contributed by atoms with Crippen molar-refractivity contribution in [3.8, 4) is 0 Å². The summed E-state index contributed by atoms with van der Waals surface area (Å²) in [6.45, 7) is 14.4. The van der Waals surface area contributed by atoms with Crippen LogP contribution in [0.3, 0.4) is 0 Å². The molecule has 0 heterocycles. The predicted molar refractivity (Wildman–Crippen MR) is 99.1 cm³/mol. The van der Waals surface area contributed by atoms with Crippen molar-refractivity contribution in [1.82, 2.24) is 0 Å². The molecule has 0 aromatic heterocycles. The molecule has 25 heavy (non-hydrogen) atoms. The van der Waals surface area contributed by atoms with Crippen LogP contribution in [0.1, 0.15) is 80.6 Å². The molecular formula is C20H38O5. The Morgan fingerprint density at radius 2 is 1.44 bits per heavy atom. The molecule has 1 N–H and O–H groups in total. The van der Waals surface area contributed by atoms with Crippen LogP contribution < -0.4 is 0 Å². The molecule has 0 aliphatic heterocycles. The molecular weight excluding hydrogens is 320 g/mol. The molecule has 0 amide bonds. The van der Waals surface area contributed by atoms with E-state index in [4.69, 9.17) is 14.6 Å². The van der Waals surface area contributed by atoms with Gasteiger partial charge >= 0.3 is 11.9 Å². The van der Waals surface area contributed by atoms with Gasteiger partial charge in [-0.15, -0.1) is 0 Å². The van der Waals surface area contributed by atoms with Gasteiger partial charge < -0.3 is 14.6 Å². The summed E-state index contributed by atoms with van der Waals surface area (Å²) in [6.07, 6.45) is 2.92. The van der Waals surface area contributed by atoms with Crippen molar-refractivity contribution in [3.63, 3.8) is 0 Å². The molecule has 0 bridgehead atoms. The first-order valence-electron chi connectivity index (χ1n) is 9.39. The fourth-order valence-electron chi connectivity index (χ4n) is 2.83. The minimum atomic E-state index is -0.755. The minimum absolute atomic E-state index is 0.0117. The average Bonchev–Trinajstić information content (AvgIpc) is 2.52. The summed E-state index contributed by atoms with van der Waals surface area (Å²) in [5, 5.41) is 8.85. The van der Waals surface area contributed by atoms with Crippen LogP contribution in [0.4, 0.5) is 0 Å². The van der Waals surface area contributed by atoms with Crippen LogP contribution in [0.15, 0.2) is 0 Å². The molecule has 5 heteroatoms. The third kappa shape index (κ3) is 8.21. The van der Waals surface area contributed by atoms with Gasteiger partial charge in [-0.3, -0.25) is 9.59 Å². The van der Waals surface area contributed by atoms with Crippen LogP contribution in [0.2, 0.25) is 0 Å². The van der Waals surface area contributed by atoms with Crippen LogP contribution in [-0.2, 0) is 19.1 Å². The van der Waals surface area contributed by atoms with Gasteiger partial charge in [0.2, 0.25) is 0 Å². The maximum Gasteiger partial charge on any atom is 0.311 e. The monoisotopic (exact) mass is 358 g/mol. The number of aliphatic hydroxyl groups excluding tert-OH is 1. The smallest absolute Gasteiger partial charge is 0.311 e. The maximum absolute atomic E-state index is 12.7. The first kappa shape index (κ1) is 23.9. The van der Waals surface area contributed by atoms with Gasteiger partial charge in [0.15, 0.2) is 0 Å². The van der Waals surface area contributed by atoms with E-state index in [0.717, 1.165) is 6.42 Å². The average molecular weight is 359 g/mol.